The predicted molar refractivity (Wildman–Crippen MR) is 103 cm³/mol. The molecule has 130 valence electrons. The topological polar surface area (TPSA) is 55.4 Å². The third kappa shape index (κ3) is 7.03. The van der Waals surface area contributed by atoms with Crippen LogP contribution in [0.4, 0.5) is 5.69 Å². The molecule has 0 aromatic heterocycles. The molecule has 0 heterocycles. The van der Waals surface area contributed by atoms with Crippen molar-refractivity contribution < 1.29 is 14.3 Å². The van der Waals surface area contributed by atoms with Gasteiger partial charge in [-0.25, -0.2) is 4.79 Å². The molecule has 1 amide bonds. The predicted octanol–water partition coefficient (Wildman–Crippen LogP) is 4.65. The Labute approximate surface area is 156 Å². The minimum absolute atomic E-state index is 0.0974. The quantitative estimate of drug-likeness (QED) is 0.435. The maximum Gasteiger partial charge on any atom is 0.330 e. The highest BCUT2D eigenvalue weighted by Gasteiger charge is 2.04. The van der Waals surface area contributed by atoms with E-state index in [0.717, 1.165) is 10.5 Å². The van der Waals surface area contributed by atoms with Crippen LogP contribution in [-0.2, 0) is 14.3 Å². The number of halogens is 1. The van der Waals surface area contributed by atoms with Crippen molar-refractivity contribution in [3.8, 4) is 0 Å². The first-order chi connectivity index (χ1) is 12.1. The number of esters is 1. The summed E-state index contributed by atoms with van der Waals surface area (Å²) in [7, 11) is 0. The molecule has 2 rings (SSSR count). The van der Waals surface area contributed by atoms with Gasteiger partial charge in [-0.05, 0) is 48.9 Å². The molecular weight excluding hydrogens is 358 g/mol. The highest BCUT2D eigenvalue weighted by Crippen LogP contribution is 2.21. The van der Waals surface area contributed by atoms with E-state index in [1.165, 1.54) is 17.8 Å². The SMILES string of the molecule is CCOC(=O)C=Cc1ccc(NC(=O)CSc2cccc(Cl)c2)cc1. The molecule has 2 aromatic carbocycles. The molecule has 0 bridgehead atoms. The number of ether oxygens (including phenoxy) is 1. The van der Waals surface area contributed by atoms with Gasteiger partial charge in [0.05, 0.1) is 12.4 Å². The van der Waals surface area contributed by atoms with E-state index in [4.69, 9.17) is 16.3 Å². The summed E-state index contributed by atoms with van der Waals surface area (Å²) >= 11 is 7.34. The monoisotopic (exact) mass is 375 g/mol. The summed E-state index contributed by atoms with van der Waals surface area (Å²) in [6.45, 7) is 2.11. The molecule has 0 aliphatic rings. The van der Waals surface area contributed by atoms with Gasteiger partial charge in [0.2, 0.25) is 5.91 Å². The highest BCUT2D eigenvalue weighted by molar-refractivity contribution is 8.00. The third-order valence-corrected chi connectivity index (χ3v) is 4.29. The zero-order chi connectivity index (χ0) is 18.1. The number of carbonyl (C=O) groups excluding carboxylic acids is 2. The van der Waals surface area contributed by atoms with Gasteiger partial charge < -0.3 is 10.1 Å². The lowest BCUT2D eigenvalue weighted by molar-refractivity contribution is -0.137. The first-order valence-corrected chi connectivity index (χ1v) is 9.06. The number of hydrogen-bond acceptors (Lipinski definition) is 4. The first-order valence-electron chi connectivity index (χ1n) is 7.70. The summed E-state index contributed by atoms with van der Waals surface area (Å²) in [5.74, 6) is -0.178. The van der Waals surface area contributed by atoms with E-state index in [1.807, 2.05) is 30.3 Å². The second-order valence-electron chi connectivity index (χ2n) is 5.00. The molecule has 4 nitrogen and oxygen atoms in total. The molecule has 0 spiro atoms. The number of amides is 1. The molecule has 0 fully saturated rings. The van der Waals surface area contributed by atoms with E-state index in [2.05, 4.69) is 5.32 Å². The van der Waals surface area contributed by atoms with Crippen LogP contribution < -0.4 is 5.32 Å². The van der Waals surface area contributed by atoms with Crippen LogP contribution in [0.3, 0.4) is 0 Å². The number of thioether (sulfide) groups is 1. The van der Waals surface area contributed by atoms with Crippen LogP contribution in [0.25, 0.3) is 6.08 Å². The Morgan fingerprint density at radius 3 is 2.64 bits per heavy atom. The van der Waals surface area contributed by atoms with Gasteiger partial charge in [-0.2, -0.15) is 0 Å². The Hall–Kier alpha value is -2.24. The number of rotatable bonds is 7. The largest absolute Gasteiger partial charge is 0.463 e. The standard InChI is InChI=1S/C19H18ClNO3S/c1-2-24-19(23)11-8-14-6-9-16(10-7-14)21-18(22)13-25-17-5-3-4-15(20)12-17/h3-12H,2,13H2,1H3,(H,21,22). The summed E-state index contributed by atoms with van der Waals surface area (Å²) < 4.78 is 4.82. The molecule has 1 N–H and O–H groups in total. The third-order valence-electron chi connectivity index (χ3n) is 3.06. The maximum atomic E-state index is 12.0. The highest BCUT2D eigenvalue weighted by atomic mass is 35.5. The smallest absolute Gasteiger partial charge is 0.330 e. The van der Waals surface area contributed by atoms with Crippen molar-refractivity contribution in [3.05, 3.63) is 65.2 Å². The number of benzene rings is 2. The molecule has 25 heavy (non-hydrogen) atoms. The van der Waals surface area contributed by atoms with E-state index in [1.54, 1.807) is 31.2 Å². The normalized spacial score (nSPS) is 10.6. The number of carbonyl (C=O) groups is 2. The summed E-state index contributed by atoms with van der Waals surface area (Å²) in [5.41, 5.74) is 1.55. The van der Waals surface area contributed by atoms with Gasteiger partial charge in [0, 0.05) is 21.7 Å². The van der Waals surface area contributed by atoms with Crippen LogP contribution in [0.1, 0.15) is 12.5 Å². The lowest BCUT2D eigenvalue weighted by Crippen LogP contribution is -2.13. The minimum Gasteiger partial charge on any atom is -0.463 e. The Balaban J connectivity index is 1.83. The second kappa shape index (κ2) is 9.91. The maximum absolute atomic E-state index is 12.0. The van der Waals surface area contributed by atoms with E-state index in [0.29, 0.717) is 23.1 Å². The molecule has 0 aliphatic heterocycles. The molecule has 0 saturated carbocycles. The fourth-order valence-corrected chi connectivity index (χ4v) is 2.94. The Morgan fingerprint density at radius 1 is 1.20 bits per heavy atom. The van der Waals surface area contributed by atoms with E-state index < -0.39 is 0 Å². The van der Waals surface area contributed by atoms with Crippen LogP contribution in [0.15, 0.2) is 59.5 Å². The zero-order valence-electron chi connectivity index (χ0n) is 13.7. The molecule has 6 heteroatoms. The molecule has 0 saturated heterocycles. The van der Waals surface area contributed by atoms with Gasteiger partial charge in [-0.3, -0.25) is 4.79 Å². The van der Waals surface area contributed by atoms with Gasteiger partial charge in [-0.15, -0.1) is 11.8 Å². The van der Waals surface area contributed by atoms with E-state index in [9.17, 15) is 9.59 Å². The Bertz CT molecular complexity index is 760. The molecule has 0 aliphatic carbocycles. The van der Waals surface area contributed by atoms with Crippen molar-refractivity contribution in [1.29, 1.82) is 0 Å². The molecule has 0 radical (unpaired) electrons. The van der Waals surface area contributed by atoms with Crippen molar-refractivity contribution in [2.45, 2.75) is 11.8 Å². The summed E-state index contributed by atoms with van der Waals surface area (Å²) in [4.78, 5) is 24.2. The average Bonchev–Trinajstić information content (AvgIpc) is 2.60. The van der Waals surface area contributed by atoms with Crippen LogP contribution in [0.2, 0.25) is 5.02 Å². The van der Waals surface area contributed by atoms with Crippen LogP contribution >= 0.6 is 23.4 Å². The first kappa shape index (κ1) is 19.1. The second-order valence-corrected chi connectivity index (χ2v) is 6.49. The van der Waals surface area contributed by atoms with Gasteiger partial charge in [0.1, 0.15) is 0 Å². The van der Waals surface area contributed by atoms with Gasteiger partial charge >= 0.3 is 5.97 Å². The fraction of sp³-hybridized carbons (Fsp3) is 0.158. The lowest BCUT2D eigenvalue weighted by atomic mass is 10.2. The van der Waals surface area contributed by atoms with Crippen LogP contribution in [-0.4, -0.2) is 24.2 Å². The van der Waals surface area contributed by atoms with Crippen LogP contribution in [0.5, 0.6) is 0 Å². The Morgan fingerprint density at radius 2 is 1.96 bits per heavy atom. The van der Waals surface area contributed by atoms with E-state index >= 15 is 0 Å². The van der Waals surface area contributed by atoms with E-state index in [-0.39, 0.29) is 11.9 Å². The number of anilines is 1. The fourth-order valence-electron chi connectivity index (χ4n) is 1.93. The van der Waals surface area contributed by atoms with Gasteiger partial charge in [0.15, 0.2) is 0 Å². The van der Waals surface area contributed by atoms with Crippen LogP contribution in [0, 0.1) is 0 Å². The molecule has 0 unspecified atom stereocenters. The van der Waals surface area contributed by atoms with Crippen molar-refractivity contribution in [2.24, 2.45) is 0 Å². The van der Waals surface area contributed by atoms with Crippen molar-refractivity contribution in [3.63, 3.8) is 0 Å². The minimum atomic E-state index is -0.377. The zero-order valence-corrected chi connectivity index (χ0v) is 15.3. The number of nitrogens with one attached hydrogen (secondary N) is 1. The summed E-state index contributed by atoms with van der Waals surface area (Å²) in [5, 5.41) is 3.48. The number of hydrogen-bond donors (Lipinski definition) is 1. The summed E-state index contributed by atoms with van der Waals surface area (Å²) in [6, 6.07) is 14.6. The average molecular weight is 376 g/mol. The lowest BCUT2D eigenvalue weighted by Gasteiger charge is -2.06. The molecular formula is C19H18ClNO3S. The summed E-state index contributed by atoms with van der Waals surface area (Å²) in [6.07, 6.45) is 3.04. The van der Waals surface area contributed by atoms with Gasteiger partial charge in [-0.1, -0.05) is 29.8 Å². The van der Waals surface area contributed by atoms with Crippen molar-refractivity contribution in [1.82, 2.24) is 0 Å². The van der Waals surface area contributed by atoms with Crippen molar-refractivity contribution >= 4 is 47.0 Å². The van der Waals surface area contributed by atoms with Crippen molar-refractivity contribution in [2.75, 3.05) is 17.7 Å². The molecule has 2 aromatic rings. The van der Waals surface area contributed by atoms with Gasteiger partial charge in [0.25, 0.3) is 0 Å². The molecule has 0 atom stereocenters. The Kier molecular flexibility index (Phi) is 7.57.